The Hall–Kier alpha value is -1.44. The standard InChI is InChI=1S/C10H9O2/c1-2-5-10-11-8-6-3-4-7-9(8)12-10/h2-7,10H,1H2. The third kappa shape index (κ3) is 1.16. The second-order valence-electron chi connectivity index (χ2n) is 2.48. The molecule has 12 heavy (non-hydrogen) atoms. The zero-order valence-corrected chi connectivity index (χ0v) is 6.57. The first-order chi connectivity index (χ1) is 5.90. The molecule has 1 heterocycles. The number of hydrogen-bond acceptors (Lipinski definition) is 2. The van der Waals surface area contributed by atoms with E-state index in [1.54, 1.807) is 12.5 Å². The maximum Gasteiger partial charge on any atom is 0.248 e. The van der Waals surface area contributed by atoms with Gasteiger partial charge in [-0.25, -0.2) is 0 Å². The number of benzene rings is 1. The van der Waals surface area contributed by atoms with Crippen LogP contribution in [0, 0.1) is 6.42 Å². The van der Waals surface area contributed by atoms with Gasteiger partial charge in [-0.05, 0) is 12.1 Å². The van der Waals surface area contributed by atoms with Crippen molar-refractivity contribution in [3.63, 3.8) is 0 Å². The maximum atomic E-state index is 5.40. The highest BCUT2D eigenvalue weighted by molar-refractivity contribution is 5.42. The van der Waals surface area contributed by atoms with E-state index < -0.39 is 0 Å². The second-order valence-corrected chi connectivity index (χ2v) is 2.48. The van der Waals surface area contributed by atoms with Crippen LogP contribution in [-0.2, 0) is 0 Å². The molecular weight excluding hydrogens is 152 g/mol. The van der Waals surface area contributed by atoms with E-state index in [-0.39, 0.29) is 6.29 Å². The fraction of sp³-hybridized carbons (Fsp3) is 0.100. The highest BCUT2D eigenvalue weighted by atomic mass is 16.7. The molecule has 2 nitrogen and oxygen atoms in total. The topological polar surface area (TPSA) is 18.5 Å². The Morgan fingerprint density at radius 2 is 1.75 bits per heavy atom. The van der Waals surface area contributed by atoms with Crippen LogP contribution in [-0.4, -0.2) is 6.29 Å². The first kappa shape index (κ1) is 7.22. The lowest BCUT2D eigenvalue weighted by Crippen LogP contribution is -2.16. The first-order valence-electron chi connectivity index (χ1n) is 3.78. The Balaban J connectivity index is 2.16. The summed E-state index contributed by atoms with van der Waals surface area (Å²) in [6.07, 6.45) is 3.12. The number of para-hydroxylation sites is 2. The van der Waals surface area contributed by atoms with E-state index in [1.807, 2.05) is 24.3 Å². The number of fused-ring (bicyclic) bond motifs is 1. The molecule has 0 spiro atoms. The summed E-state index contributed by atoms with van der Waals surface area (Å²) in [6.45, 7) is 3.57. The van der Waals surface area contributed by atoms with E-state index in [0.29, 0.717) is 0 Å². The lowest BCUT2D eigenvalue weighted by molar-refractivity contribution is 0.0839. The molecular formula is C10H9O2. The van der Waals surface area contributed by atoms with Crippen molar-refractivity contribution in [3.8, 4) is 11.5 Å². The lowest BCUT2D eigenvalue weighted by atomic mass is 10.3. The predicted octanol–water partition coefficient (Wildman–Crippen LogP) is 2.17. The van der Waals surface area contributed by atoms with Crippen molar-refractivity contribution in [1.29, 1.82) is 0 Å². The van der Waals surface area contributed by atoms with Crippen molar-refractivity contribution >= 4 is 0 Å². The monoisotopic (exact) mass is 161 g/mol. The van der Waals surface area contributed by atoms with E-state index in [4.69, 9.17) is 9.47 Å². The molecule has 1 aromatic rings. The largest absolute Gasteiger partial charge is 0.450 e. The van der Waals surface area contributed by atoms with Crippen molar-refractivity contribution in [2.75, 3.05) is 0 Å². The summed E-state index contributed by atoms with van der Waals surface area (Å²) in [6, 6.07) is 7.59. The summed E-state index contributed by atoms with van der Waals surface area (Å²) < 4.78 is 10.8. The molecule has 0 saturated carbocycles. The van der Waals surface area contributed by atoms with Crippen molar-refractivity contribution in [2.45, 2.75) is 6.29 Å². The predicted molar refractivity (Wildman–Crippen MR) is 46.0 cm³/mol. The van der Waals surface area contributed by atoms with Gasteiger partial charge < -0.3 is 9.47 Å². The first-order valence-corrected chi connectivity index (χ1v) is 3.78. The highest BCUT2D eigenvalue weighted by Crippen LogP contribution is 2.34. The third-order valence-electron chi connectivity index (χ3n) is 1.63. The van der Waals surface area contributed by atoms with Crippen LogP contribution < -0.4 is 9.47 Å². The zero-order valence-electron chi connectivity index (χ0n) is 6.57. The summed E-state index contributed by atoms with van der Waals surface area (Å²) in [4.78, 5) is 0. The summed E-state index contributed by atoms with van der Waals surface area (Å²) in [5.41, 5.74) is 0. The van der Waals surface area contributed by atoms with Gasteiger partial charge in [0.15, 0.2) is 11.5 Å². The summed E-state index contributed by atoms with van der Waals surface area (Å²) in [5, 5.41) is 0. The van der Waals surface area contributed by atoms with E-state index >= 15 is 0 Å². The SMILES string of the molecule is C=C[CH]C1Oc2ccccc2O1. The molecule has 1 aliphatic heterocycles. The van der Waals surface area contributed by atoms with Crippen LogP contribution in [0.15, 0.2) is 36.9 Å². The van der Waals surface area contributed by atoms with E-state index in [0.717, 1.165) is 11.5 Å². The van der Waals surface area contributed by atoms with Gasteiger partial charge in [0.1, 0.15) is 0 Å². The molecule has 0 saturated heterocycles. The molecule has 0 N–H and O–H groups in total. The van der Waals surface area contributed by atoms with Crippen molar-refractivity contribution in [2.24, 2.45) is 0 Å². The average molecular weight is 161 g/mol. The molecule has 0 bridgehead atoms. The van der Waals surface area contributed by atoms with Gasteiger partial charge in [-0.15, -0.1) is 6.58 Å². The van der Waals surface area contributed by atoms with Crippen molar-refractivity contribution in [3.05, 3.63) is 43.3 Å². The Morgan fingerprint density at radius 3 is 2.25 bits per heavy atom. The Kier molecular flexibility index (Phi) is 1.74. The van der Waals surface area contributed by atoms with Gasteiger partial charge in [0.05, 0.1) is 6.42 Å². The lowest BCUT2D eigenvalue weighted by Gasteiger charge is -2.05. The van der Waals surface area contributed by atoms with Crippen molar-refractivity contribution in [1.82, 2.24) is 0 Å². The minimum absolute atomic E-state index is 0.306. The van der Waals surface area contributed by atoms with Gasteiger partial charge in [-0.2, -0.15) is 0 Å². The van der Waals surface area contributed by atoms with E-state index in [9.17, 15) is 0 Å². The minimum atomic E-state index is -0.306. The molecule has 1 aliphatic rings. The maximum absolute atomic E-state index is 5.40. The van der Waals surface area contributed by atoms with Gasteiger partial charge >= 0.3 is 0 Å². The molecule has 1 radical (unpaired) electrons. The molecule has 2 rings (SSSR count). The average Bonchev–Trinajstić information content (AvgIpc) is 2.47. The van der Waals surface area contributed by atoms with Crippen LogP contribution in [0.2, 0.25) is 0 Å². The Morgan fingerprint density at radius 1 is 1.17 bits per heavy atom. The summed E-state index contributed by atoms with van der Waals surface area (Å²) in [7, 11) is 0. The summed E-state index contributed by atoms with van der Waals surface area (Å²) in [5.74, 6) is 1.58. The third-order valence-corrected chi connectivity index (χ3v) is 1.63. The number of hydrogen-bond donors (Lipinski definition) is 0. The van der Waals surface area contributed by atoms with E-state index in [2.05, 4.69) is 6.58 Å². The molecule has 0 unspecified atom stereocenters. The molecule has 0 aromatic heterocycles. The van der Waals surface area contributed by atoms with Gasteiger partial charge in [-0.1, -0.05) is 18.2 Å². The molecule has 2 heteroatoms. The smallest absolute Gasteiger partial charge is 0.248 e. The van der Waals surface area contributed by atoms with Crippen LogP contribution >= 0.6 is 0 Å². The fourth-order valence-electron chi connectivity index (χ4n) is 1.11. The van der Waals surface area contributed by atoms with Gasteiger partial charge in [0.25, 0.3) is 0 Å². The summed E-state index contributed by atoms with van der Waals surface area (Å²) >= 11 is 0. The van der Waals surface area contributed by atoms with Crippen molar-refractivity contribution < 1.29 is 9.47 Å². The Labute approximate surface area is 71.4 Å². The molecule has 0 aliphatic carbocycles. The number of rotatable bonds is 2. The van der Waals surface area contributed by atoms with Gasteiger partial charge in [0.2, 0.25) is 6.29 Å². The van der Waals surface area contributed by atoms with Crippen LogP contribution in [0.5, 0.6) is 11.5 Å². The minimum Gasteiger partial charge on any atom is -0.450 e. The fourth-order valence-corrected chi connectivity index (χ4v) is 1.11. The van der Waals surface area contributed by atoms with Gasteiger partial charge in [0, 0.05) is 0 Å². The quantitative estimate of drug-likeness (QED) is 0.661. The number of ether oxygens (including phenoxy) is 2. The van der Waals surface area contributed by atoms with Crippen LogP contribution in [0.3, 0.4) is 0 Å². The molecule has 0 amide bonds. The molecule has 61 valence electrons. The zero-order chi connectivity index (χ0) is 8.39. The van der Waals surface area contributed by atoms with Crippen LogP contribution in [0.25, 0.3) is 0 Å². The molecule has 0 atom stereocenters. The van der Waals surface area contributed by atoms with Gasteiger partial charge in [-0.3, -0.25) is 0 Å². The Bertz CT molecular complexity index is 269. The van der Waals surface area contributed by atoms with E-state index in [1.165, 1.54) is 0 Å². The molecule has 1 aromatic carbocycles. The highest BCUT2D eigenvalue weighted by Gasteiger charge is 2.21. The second kappa shape index (κ2) is 2.89. The molecule has 0 fully saturated rings. The van der Waals surface area contributed by atoms with Crippen LogP contribution in [0.1, 0.15) is 0 Å². The van der Waals surface area contributed by atoms with Crippen LogP contribution in [0.4, 0.5) is 0 Å². The normalized spacial score (nSPS) is 14.7.